The molecule has 2 aromatic rings. The van der Waals surface area contributed by atoms with Gasteiger partial charge in [0.1, 0.15) is 11.9 Å². The molecule has 0 radical (unpaired) electrons. The zero-order valence-electron chi connectivity index (χ0n) is 20.8. The van der Waals surface area contributed by atoms with Crippen molar-refractivity contribution in [3.8, 4) is 0 Å². The van der Waals surface area contributed by atoms with Crippen molar-refractivity contribution >= 4 is 35.3 Å². The Bertz CT molecular complexity index is 1120. The van der Waals surface area contributed by atoms with Gasteiger partial charge in [0.05, 0.1) is 12.3 Å². The van der Waals surface area contributed by atoms with E-state index in [1.807, 2.05) is 13.0 Å². The molecule has 0 aromatic heterocycles. The second kappa shape index (κ2) is 14.4. The van der Waals surface area contributed by atoms with E-state index >= 15 is 0 Å². The van der Waals surface area contributed by atoms with Gasteiger partial charge in [-0.3, -0.25) is 24.6 Å². The van der Waals surface area contributed by atoms with Crippen molar-refractivity contribution in [2.75, 3.05) is 5.32 Å². The molecule has 0 heterocycles. The topological polar surface area (TPSA) is 183 Å². The average molecular weight is 511 g/mol. The van der Waals surface area contributed by atoms with Crippen molar-refractivity contribution in [2.45, 2.75) is 63.8 Å². The summed E-state index contributed by atoms with van der Waals surface area (Å²) in [4.78, 5) is 48.5. The monoisotopic (exact) mass is 510 g/mol. The molecule has 0 unspecified atom stereocenters. The van der Waals surface area contributed by atoms with E-state index in [1.54, 1.807) is 42.5 Å². The lowest BCUT2D eigenvalue weighted by molar-refractivity contribution is -0.140. The third kappa shape index (κ3) is 9.40. The largest absolute Gasteiger partial charge is 0.481 e. The summed E-state index contributed by atoms with van der Waals surface area (Å²) in [6, 6.07) is 12.4. The summed E-state index contributed by atoms with van der Waals surface area (Å²) >= 11 is 0. The molecule has 0 fully saturated rings. The summed E-state index contributed by atoms with van der Waals surface area (Å²) in [6.45, 7) is 1.92. The van der Waals surface area contributed by atoms with Crippen LogP contribution in [0.25, 0.3) is 0 Å². The first-order chi connectivity index (χ1) is 17.6. The Kier molecular flexibility index (Phi) is 11.3. The molecule has 0 spiro atoms. The summed E-state index contributed by atoms with van der Waals surface area (Å²) in [5.74, 6) is -3.94. The molecule has 0 bridgehead atoms. The number of nitrogens with one attached hydrogen (secondary N) is 3. The molecule has 2 aromatic carbocycles. The summed E-state index contributed by atoms with van der Waals surface area (Å²) in [7, 11) is 0. The number of unbranched alkanes of at least 4 members (excludes halogenated alkanes) is 1. The molecular formula is C27H34N4O6. The van der Waals surface area contributed by atoms with Crippen molar-refractivity contribution in [3.05, 3.63) is 65.2 Å². The number of nitrogen functional groups attached to an aromatic ring is 1. The van der Waals surface area contributed by atoms with Crippen LogP contribution in [0.5, 0.6) is 0 Å². The lowest BCUT2D eigenvalue weighted by Crippen LogP contribution is -2.46. The molecule has 0 saturated carbocycles. The van der Waals surface area contributed by atoms with Crippen LogP contribution >= 0.6 is 0 Å². The SMILES string of the molecule is CCC[C@H](C(=O)N[C@H](CC(=O)O)C(=O)Nc1ccccc1CCCCC(=O)O)c1ccc(C(=N)N)cc1. The molecule has 198 valence electrons. The van der Waals surface area contributed by atoms with Gasteiger partial charge in [-0.1, -0.05) is 55.8 Å². The Labute approximate surface area is 215 Å². The number of nitrogens with two attached hydrogens (primary N) is 1. The van der Waals surface area contributed by atoms with Gasteiger partial charge in [-0.15, -0.1) is 0 Å². The average Bonchev–Trinajstić information content (AvgIpc) is 2.85. The van der Waals surface area contributed by atoms with E-state index < -0.39 is 42.1 Å². The Morgan fingerprint density at radius 3 is 2.22 bits per heavy atom. The van der Waals surface area contributed by atoms with E-state index in [2.05, 4.69) is 10.6 Å². The van der Waals surface area contributed by atoms with Gasteiger partial charge in [-0.2, -0.15) is 0 Å². The predicted molar refractivity (Wildman–Crippen MR) is 140 cm³/mol. The van der Waals surface area contributed by atoms with Crippen LogP contribution in [0.15, 0.2) is 48.5 Å². The second-order valence-electron chi connectivity index (χ2n) is 8.78. The van der Waals surface area contributed by atoms with Crippen molar-refractivity contribution in [1.29, 1.82) is 5.41 Å². The standard InChI is InChI=1S/C27H34N4O6/c1-2-7-20(17-12-14-19(15-13-17)25(28)29)26(36)31-22(16-24(34)35)27(37)30-21-10-5-3-8-18(21)9-4-6-11-23(32)33/h3,5,8,10,12-15,20,22H,2,4,6-7,9,11,16H2,1H3,(H3,28,29)(H,30,37)(H,31,36)(H,32,33)(H,34,35)/t20-,22+/m0/s1. The minimum absolute atomic E-state index is 0.0532. The van der Waals surface area contributed by atoms with Gasteiger partial charge in [0.2, 0.25) is 11.8 Å². The fourth-order valence-electron chi connectivity index (χ4n) is 3.96. The smallest absolute Gasteiger partial charge is 0.305 e. The Morgan fingerprint density at radius 1 is 0.946 bits per heavy atom. The highest BCUT2D eigenvalue weighted by molar-refractivity contribution is 6.00. The van der Waals surface area contributed by atoms with E-state index in [4.69, 9.17) is 16.2 Å². The van der Waals surface area contributed by atoms with E-state index in [9.17, 15) is 24.3 Å². The maximum Gasteiger partial charge on any atom is 0.305 e. The molecule has 10 heteroatoms. The van der Waals surface area contributed by atoms with Gasteiger partial charge in [0.15, 0.2) is 0 Å². The van der Waals surface area contributed by atoms with Gasteiger partial charge in [-0.05, 0) is 42.9 Å². The number of amidine groups is 1. The fraction of sp³-hybridized carbons (Fsp3) is 0.370. The van der Waals surface area contributed by atoms with Crippen LogP contribution in [-0.2, 0) is 25.6 Å². The van der Waals surface area contributed by atoms with Crippen LogP contribution in [0.4, 0.5) is 5.69 Å². The van der Waals surface area contributed by atoms with E-state index in [0.29, 0.717) is 48.9 Å². The number of benzene rings is 2. The third-order valence-corrected chi connectivity index (χ3v) is 5.89. The van der Waals surface area contributed by atoms with Crippen LogP contribution < -0.4 is 16.4 Å². The molecule has 7 N–H and O–H groups in total. The first-order valence-electron chi connectivity index (χ1n) is 12.2. The number of amides is 2. The lowest BCUT2D eigenvalue weighted by atomic mass is 9.92. The summed E-state index contributed by atoms with van der Waals surface area (Å²) < 4.78 is 0. The van der Waals surface area contributed by atoms with Crippen molar-refractivity contribution in [3.63, 3.8) is 0 Å². The van der Waals surface area contributed by atoms with E-state index in [0.717, 1.165) is 5.56 Å². The molecule has 37 heavy (non-hydrogen) atoms. The van der Waals surface area contributed by atoms with Crippen LogP contribution in [0.2, 0.25) is 0 Å². The Balaban J connectivity index is 2.17. The number of hydrogen-bond donors (Lipinski definition) is 6. The highest BCUT2D eigenvalue weighted by Crippen LogP contribution is 2.23. The molecule has 10 nitrogen and oxygen atoms in total. The maximum atomic E-state index is 13.2. The first-order valence-corrected chi connectivity index (χ1v) is 12.2. The van der Waals surface area contributed by atoms with Crippen LogP contribution in [0.1, 0.15) is 68.1 Å². The minimum atomic E-state index is -1.30. The molecule has 2 rings (SSSR count). The summed E-state index contributed by atoms with van der Waals surface area (Å²) in [5.41, 5.74) is 7.97. The van der Waals surface area contributed by atoms with Gasteiger partial charge in [-0.25, -0.2) is 0 Å². The van der Waals surface area contributed by atoms with Crippen molar-refractivity contribution < 1.29 is 29.4 Å². The molecule has 0 aliphatic carbocycles. The lowest BCUT2D eigenvalue weighted by Gasteiger charge is -2.22. The van der Waals surface area contributed by atoms with Gasteiger partial charge in [0.25, 0.3) is 0 Å². The molecular weight excluding hydrogens is 476 g/mol. The van der Waals surface area contributed by atoms with E-state index in [-0.39, 0.29) is 12.3 Å². The maximum absolute atomic E-state index is 13.2. The van der Waals surface area contributed by atoms with E-state index in [1.165, 1.54) is 0 Å². The highest BCUT2D eigenvalue weighted by atomic mass is 16.4. The number of aliphatic carboxylic acids is 2. The number of hydrogen-bond acceptors (Lipinski definition) is 5. The molecule has 0 saturated heterocycles. The van der Waals surface area contributed by atoms with Gasteiger partial charge < -0.3 is 26.6 Å². The van der Waals surface area contributed by atoms with Crippen LogP contribution in [0.3, 0.4) is 0 Å². The number of aryl methyl sites for hydroxylation is 1. The highest BCUT2D eigenvalue weighted by Gasteiger charge is 2.28. The zero-order chi connectivity index (χ0) is 27.4. The first kappa shape index (κ1) is 29.0. The fourth-order valence-corrected chi connectivity index (χ4v) is 3.96. The van der Waals surface area contributed by atoms with Gasteiger partial charge >= 0.3 is 11.9 Å². The third-order valence-electron chi connectivity index (χ3n) is 5.89. The number of carboxylic acids is 2. The Hall–Kier alpha value is -4.21. The second-order valence-corrected chi connectivity index (χ2v) is 8.78. The van der Waals surface area contributed by atoms with Crippen LogP contribution in [-0.4, -0.2) is 45.8 Å². The molecule has 2 atom stereocenters. The summed E-state index contributed by atoms with van der Waals surface area (Å²) in [6.07, 6.45) is 2.24. The summed E-state index contributed by atoms with van der Waals surface area (Å²) in [5, 5.41) is 31.1. The zero-order valence-corrected chi connectivity index (χ0v) is 20.8. The Morgan fingerprint density at radius 2 is 1.62 bits per heavy atom. The van der Waals surface area contributed by atoms with Gasteiger partial charge in [0, 0.05) is 17.7 Å². The molecule has 2 amide bonds. The normalized spacial score (nSPS) is 12.2. The molecule has 0 aliphatic rings. The number of carboxylic acid groups (broad SMARTS) is 2. The van der Waals surface area contributed by atoms with Crippen molar-refractivity contribution in [1.82, 2.24) is 5.32 Å². The minimum Gasteiger partial charge on any atom is -0.481 e. The quantitative estimate of drug-likeness (QED) is 0.121. The van der Waals surface area contributed by atoms with Crippen LogP contribution in [0, 0.1) is 5.41 Å². The number of carbonyl (C=O) groups excluding carboxylic acids is 2. The number of anilines is 1. The predicted octanol–water partition coefficient (Wildman–Crippen LogP) is 3.25. The number of carbonyl (C=O) groups is 4. The number of para-hydroxylation sites is 1. The number of rotatable bonds is 15. The molecule has 0 aliphatic heterocycles. The van der Waals surface area contributed by atoms with Crippen molar-refractivity contribution in [2.24, 2.45) is 5.73 Å².